The van der Waals surface area contributed by atoms with Crippen LogP contribution in [0.3, 0.4) is 0 Å². The summed E-state index contributed by atoms with van der Waals surface area (Å²) in [7, 11) is 2.58. The quantitative estimate of drug-likeness (QED) is 0.601. The Kier molecular flexibility index (Phi) is 3.88. The van der Waals surface area contributed by atoms with Gasteiger partial charge in [-0.3, -0.25) is 4.79 Å². The van der Waals surface area contributed by atoms with Gasteiger partial charge in [0.15, 0.2) is 0 Å². The second kappa shape index (κ2) is 5.16. The summed E-state index contributed by atoms with van der Waals surface area (Å²) < 4.78 is 9.30. The Morgan fingerprint density at radius 3 is 2.56 bits per heavy atom. The van der Waals surface area contributed by atoms with Gasteiger partial charge in [-0.25, -0.2) is 4.79 Å². The Balaban J connectivity index is 2.91. The lowest BCUT2D eigenvalue weighted by Crippen LogP contribution is -2.18. The van der Waals surface area contributed by atoms with E-state index in [-0.39, 0.29) is 12.2 Å². The van der Waals surface area contributed by atoms with Crippen LogP contribution in [-0.4, -0.2) is 31.1 Å². The van der Waals surface area contributed by atoms with E-state index in [1.165, 1.54) is 25.3 Å². The number of aromatic hydroxyl groups is 1. The second-order valence-electron chi connectivity index (χ2n) is 3.09. The summed E-state index contributed by atoms with van der Waals surface area (Å²) in [5.41, 5.74) is 0.443. The summed E-state index contributed by atoms with van der Waals surface area (Å²) in [4.78, 5) is 22.2. The first-order chi connectivity index (χ1) is 7.58. The topological polar surface area (TPSA) is 72.8 Å². The van der Waals surface area contributed by atoms with E-state index in [2.05, 4.69) is 4.74 Å². The molecule has 0 aliphatic rings. The third kappa shape index (κ3) is 2.73. The van der Waals surface area contributed by atoms with Crippen molar-refractivity contribution < 1.29 is 24.2 Å². The molecule has 1 rings (SSSR count). The predicted molar refractivity (Wildman–Crippen MR) is 55.4 cm³/mol. The van der Waals surface area contributed by atoms with Crippen LogP contribution in [0.5, 0.6) is 11.5 Å². The number of carbonyl (C=O) groups is 2. The van der Waals surface area contributed by atoms with Crippen molar-refractivity contribution in [3.05, 3.63) is 23.8 Å². The number of phenols is 1. The Morgan fingerprint density at radius 1 is 1.31 bits per heavy atom. The zero-order chi connectivity index (χ0) is 12.1. The van der Waals surface area contributed by atoms with Crippen molar-refractivity contribution in [2.75, 3.05) is 14.2 Å². The number of carbonyl (C=O) groups excluding carboxylic acids is 2. The molecule has 0 saturated heterocycles. The Labute approximate surface area is 92.6 Å². The molecule has 5 nitrogen and oxygen atoms in total. The fraction of sp³-hybridized carbons (Fsp3) is 0.273. The number of rotatable bonds is 4. The number of hydrogen-bond donors (Lipinski definition) is 1. The van der Waals surface area contributed by atoms with Gasteiger partial charge in [0.2, 0.25) is 5.78 Å². The van der Waals surface area contributed by atoms with Crippen molar-refractivity contribution in [3.8, 4) is 11.5 Å². The first kappa shape index (κ1) is 12.0. The summed E-state index contributed by atoms with van der Waals surface area (Å²) in [6.45, 7) is 0. The van der Waals surface area contributed by atoms with Gasteiger partial charge in [0.25, 0.3) is 0 Å². The first-order valence-corrected chi connectivity index (χ1v) is 4.55. The third-order valence-corrected chi connectivity index (χ3v) is 2.03. The molecule has 0 atom stereocenters. The molecule has 0 spiro atoms. The Hall–Kier alpha value is -2.04. The minimum atomic E-state index is -0.912. The molecule has 0 aliphatic carbocycles. The number of hydrogen-bond acceptors (Lipinski definition) is 5. The molecule has 0 aliphatic heterocycles. The molecule has 1 aromatic carbocycles. The van der Waals surface area contributed by atoms with Gasteiger partial charge in [-0.15, -0.1) is 0 Å². The summed E-state index contributed by atoms with van der Waals surface area (Å²) in [5, 5.41) is 9.26. The number of esters is 1. The zero-order valence-corrected chi connectivity index (χ0v) is 9.02. The molecular formula is C11H12O5. The average Bonchev–Trinajstić information content (AvgIpc) is 2.28. The maximum absolute atomic E-state index is 11.3. The average molecular weight is 224 g/mol. The normalized spacial score (nSPS) is 9.62. The van der Waals surface area contributed by atoms with E-state index in [9.17, 15) is 14.7 Å². The maximum Gasteiger partial charge on any atom is 0.374 e. The molecule has 0 heterocycles. The van der Waals surface area contributed by atoms with E-state index in [0.717, 1.165) is 7.11 Å². The summed E-state index contributed by atoms with van der Waals surface area (Å²) in [6, 6.07) is 4.33. The van der Waals surface area contributed by atoms with Crippen LogP contribution in [0.1, 0.15) is 5.56 Å². The lowest BCUT2D eigenvalue weighted by atomic mass is 10.1. The molecule has 0 amide bonds. The number of phenolic OH excluding ortho intramolecular Hbond substituents is 1. The van der Waals surface area contributed by atoms with E-state index >= 15 is 0 Å². The van der Waals surface area contributed by atoms with E-state index in [1.54, 1.807) is 0 Å². The molecule has 0 unspecified atom stereocenters. The number of methoxy groups -OCH3 is 2. The van der Waals surface area contributed by atoms with E-state index in [0.29, 0.717) is 11.3 Å². The lowest BCUT2D eigenvalue weighted by Gasteiger charge is -2.07. The summed E-state index contributed by atoms with van der Waals surface area (Å²) in [6.07, 6.45) is -0.162. The van der Waals surface area contributed by atoms with Gasteiger partial charge in [-0.2, -0.15) is 0 Å². The van der Waals surface area contributed by atoms with Gasteiger partial charge in [-0.1, -0.05) is 0 Å². The number of ketones is 1. The van der Waals surface area contributed by atoms with Crippen LogP contribution in [0.15, 0.2) is 18.2 Å². The highest BCUT2D eigenvalue weighted by Gasteiger charge is 2.17. The van der Waals surface area contributed by atoms with Crippen LogP contribution in [-0.2, 0) is 20.7 Å². The number of Topliss-reactive ketones (excluding diaryl/α,β-unsaturated/α-hetero) is 1. The summed E-state index contributed by atoms with van der Waals surface area (Å²) in [5.74, 6) is -1.15. The smallest absolute Gasteiger partial charge is 0.374 e. The number of ether oxygens (including phenoxy) is 2. The monoisotopic (exact) mass is 224 g/mol. The van der Waals surface area contributed by atoms with Crippen molar-refractivity contribution in [1.82, 2.24) is 0 Å². The molecule has 0 radical (unpaired) electrons. The zero-order valence-electron chi connectivity index (χ0n) is 9.02. The maximum atomic E-state index is 11.3. The van der Waals surface area contributed by atoms with Crippen LogP contribution in [0, 0.1) is 0 Å². The molecule has 1 N–H and O–H groups in total. The largest absolute Gasteiger partial charge is 0.508 e. The van der Waals surface area contributed by atoms with E-state index in [4.69, 9.17) is 4.74 Å². The third-order valence-electron chi connectivity index (χ3n) is 2.03. The fourth-order valence-electron chi connectivity index (χ4n) is 1.26. The van der Waals surface area contributed by atoms with Gasteiger partial charge in [0.1, 0.15) is 11.5 Å². The highest BCUT2D eigenvalue weighted by atomic mass is 16.5. The van der Waals surface area contributed by atoms with Crippen molar-refractivity contribution in [1.29, 1.82) is 0 Å². The molecule has 5 heteroatoms. The van der Waals surface area contributed by atoms with Gasteiger partial charge >= 0.3 is 5.97 Å². The van der Waals surface area contributed by atoms with Gasteiger partial charge in [0, 0.05) is 12.0 Å². The fourth-order valence-corrected chi connectivity index (χ4v) is 1.26. The minimum Gasteiger partial charge on any atom is -0.508 e. The minimum absolute atomic E-state index is 0.00784. The molecule has 0 bridgehead atoms. The molecule has 16 heavy (non-hydrogen) atoms. The van der Waals surface area contributed by atoms with Crippen LogP contribution in [0.25, 0.3) is 0 Å². The number of benzene rings is 1. The van der Waals surface area contributed by atoms with Gasteiger partial charge in [0.05, 0.1) is 14.2 Å². The van der Waals surface area contributed by atoms with Crippen molar-refractivity contribution >= 4 is 11.8 Å². The molecular weight excluding hydrogens is 212 g/mol. The standard InChI is InChI=1S/C11H12O5/c1-15-10-4-3-8(12)5-7(10)6-9(13)11(14)16-2/h3-5,12H,6H2,1-2H3. The van der Waals surface area contributed by atoms with E-state index < -0.39 is 11.8 Å². The van der Waals surface area contributed by atoms with Crippen LogP contribution < -0.4 is 4.74 Å². The van der Waals surface area contributed by atoms with Crippen LogP contribution in [0.4, 0.5) is 0 Å². The van der Waals surface area contributed by atoms with Gasteiger partial charge < -0.3 is 14.6 Å². The van der Waals surface area contributed by atoms with Crippen LogP contribution >= 0.6 is 0 Å². The summed E-state index contributed by atoms with van der Waals surface area (Å²) >= 11 is 0. The van der Waals surface area contributed by atoms with Gasteiger partial charge in [-0.05, 0) is 18.2 Å². The SMILES string of the molecule is COC(=O)C(=O)Cc1cc(O)ccc1OC. The first-order valence-electron chi connectivity index (χ1n) is 4.55. The molecule has 0 fully saturated rings. The van der Waals surface area contributed by atoms with Crippen molar-refractivity contribution in [3.63, 3.8) is 0 Å². The van der Waals surface area contributed by atoms with E-state index in [1.807, 2.05) is 0 Å². The lowest BCUT2D eigenvalue weighted by molar-refractivity contribution is -0.151. The van der Waals surface area contributed by atoms with Crippen molar-refractivity contribution in [2.24, 2.45) is 0 Å². The Morgan fingerprint density at radius 2 is 2.00 bits per heavy atom. The molecule has 0 saturated carbocycles. The molecule has 0 aromatic heterocycles. The molecule has 1 aromatic rings. The van der Waals surface area contributed by atoms with Crippen molar-refractivity contribution in [2.45, 2.75) is 6.42 Å². The highest BCUT2D eigenvalue weighted by Crippen LogP contribution is 2.23. The van der Waals surface area contributed by atoms with Crippen LogP contribution in [0.2, 0.25) is 0 Å². The second-order valence-corrected chi connectivity index (χ2v) is 3.09. The highest BCUT2D eigenvalue weighted by molar-refractivity contribution is 6.34. The predicted octanol–water partition coefficient (Wildman–Crippen LogP) is 0.685. The Bertz CT molecular complexity index is 411. The molecule has 86 valence electrons.